The van der Waals surface area contributed by atoms with Gasteiger partial charge in [0, 0.05) is 30.0 Å². The smallest absolute Gasteiger partial charge is 0.142 e. The van der Waals surface area contributed by atoms with Crippen molar-refractivity contribution >= 4 is 17.1 Å². The van der Waals surface area contributed by atoms with Gasteiger partial charge in [-0.1, -0.05) is 0 Å². The predicted molar refractivity (Wildman–Crippen MR) is 56.4 cm³/mol. The standard InChI is InChI=1S/C10H14N2OS/c13-10(4-9-6-12-7-14-9)8-2-1-3-11-5-8/h6-8,11H,1-5H2. The Hall–Kier alpha value is -0.740. The Morgan fingerprint density at radius 2 is 2.64 bits per heavy atom. The van der Waals surface area contributed by atoms with E-state index < -0.39 is 0 Å². The van der Waals surface area contributed by atoms with Crippen LogP contribution in [0.2, 0.25) is 0 Å². The number of nitrogens with zero attached hydrogens (tertiary/aromatic N) is 1. The highest BCUT2D eigenvalue weighted by molar-refractivity contribution is 7.09. The molecule has 2 rings (SSSR count). The Morgan fingerprint density at radius 3 is 3.29 bits per heavy atom. The van der Waals surface area contributed by atoms with E-state index in [1.165, 1.54) is 0 Å². The summed E-state index contributed by atoms with van der Waals surface area (Å²) in [4.78, 5) is 16.9. The zero-order chi connectivity index (χ0) is 9.80. The van der Waals surface area contributed by atoms with Gasteiger partial charge in [0.1, 0.15) is 5.78 Å². The molecule has 14 heavy (non-hydrogen) atoms. The van der Waals surface area contributed by atoms with Crippen molar-refractivity contribution in [2.75, 3.05) is 13.1 Å². The number of carbonyl (C=O) groups excluding carboxylic acids is 1. The molecule has 0 saturated carbocycles. The molecule has 1 unspecified atom stereocenters. The molecule has 4 heteroatoms. The van der Waals surface area contributed by atoms with Crippen LogP contribution in [-0.4, -0.2) is 23.9 Å². The van der Waals surface area contributed by atoms with Crippen LogP contribution in [0.4, 0.5) is 0 Å². The van der Waals surface area contributed by atoms with Gasteiger partial charge in [-0.15, -0.1) is 11.3 Å². The quantitative estimate of drug-likeness (QED) is 0.816. The minimum absolute atomic E-state index is 0.228. The van der Waals surface area contributed by atoms with Gasteiger partial charge in [-0.3, -0.25) is 9.78 Å². The normalized spacial score (nSPS) is 22.1. The molecule has 0 aromatic carbocycles. The van der Waals surface area contributed by atoms with Crippen LogP contribution in [0.15, 0.2) is 11.7 Å². The van der Waals surface area contributed by atoms with Gasteiger partial charge in [-0.2, -0.15) is 0 Å². The van der Waals surface area contributed by atoms with Gasteiger partial charge in [0.25, 0.3) is 0 Å². The zero-order valence-corrected chi connectivity index (χ0v) is 8.85. The second kappa shape index (κ2) is 4.66. The van der Waals surface area contributed by atoms with E-state index in [0.717, 1.165) is 30.8 Å². The van der Waals surface area contributed by atoms with Crippen LogP contribution >= 0.6 is 11.3 Å². The average Bonchev–Trinajstić information content (AvgIpc) is 2.72. The zero-order valence-electron chi connectivity index (χ0n) is 8.03. The Balaban J connectivity index is 1.88. The van der Waals surface area contributed by atoms with Crippen molar-refractivity contribution in [1.29, 1.82) is 0 Å². The van der Waals surface area contributed by atoms with Gasteiger partial charge >= 0.3 is 0 Å². The number of piperidine rings is 1. The van der Waals surface area contributed by atoms with Gasteiger partial charge < -0.3 is 5.32 Å². The van der Waals surface area contributed by atoms with Crippen molar-refractivity contribution in [3.8, 4) is 0 Å². The number of thiazole rings is 1. The third-order valence-electron chi connectivity index (χ3n) is 2.58. The highest BCUT2D eigenvalue weighted by Crippen LogP contribution is 2.15. The van der Waals surface area contributed by atoms with Gasteiger partial charge in [0.15, 0.2) is 0 Å². The fourth-order valence-corrected chi connectivity index (χ4v) is 2.38. The van der Waals surface area contributed by atoms with Crippen LogP contribution in [0.3, 0.4) is 0 Å². The molecule has 0 spiro atoms. The molecule has 0 aliphatic carbocycles. The lowest BCUT2D eigenvalue weighted by Gasteiger charge is -2.21. The third-order valence-corrected chi connectivity index (χ3v) is 3.36. The Kier molecular flexibility index (Phi) is 3.26. The molecule has 1 fully saturated rings. The monoisotopic (exact) mass is 210 g/mol. The molecule has 1 saturated heterocycles. The first-order valence-corrected chi connectivity index (χ1v) is 5.85. The number of hydrogen-bond acceptors (Lipinski definition) is 4. The van der Waals surface area contributed by atoms with Crippen molar-refractivity contribution in [2.24, 2.45) is 5.92 Å². The largest absolute Gasteiger partial charge is 0.316 e. The Morgan fingerprint density at radius 1 is 1.71 bits per heavy atom. The minimum Gasteiger partial charge on any atom is -0.316 e. The molecule has 1 atom stereocenters. The number of aromatic nitrogens is 1. The van der Waals surface area contributed by atoms with Gasteiger partial charge in [0.2, 0.25) is 0 Å². The van der Waals surface area contributed by atoms with Crippen molar-refractivity contribution in [1.82, 2.24) is 10.3 Å². The summed E-state index contributed by atoms with van der Waals surface area (Å²) in [5.74, 6) is 0.590. The van der Waals surface area contributed by atoms with Crippen molar-refractivity contribution in [2.45, 2.75) is 19.3 Å². The Bertz CT molecular complexity index is 291. The summed E-state index contributed by atoms with van der Waals surface area (Å²) in [7, 11) is 0. The van der Waals surface area contributed by atoms with Gasteiger partial charge in [-0.25, -0.2) is 0 Å². The predicted octanol–water partition coefficient (Wildman–Crippen LogP) is 1.25. The molecule has 1 aliphatic heterocycles. The number of Topliss-reactive ketones (excluding diaryl/α,β-unsaturated/α-hetero) is 1. The number of hydrogen-bond donors (Lipinski definition) is 1. The molecule has 0 bridgehead atoms. The molecule has 2 heterocycles. The van der Waals surface area contributed by atoms with E-state index >= 15 is 0 Å². The SMILES string of the molecule is O=C(Cc1cncs1)C1CCCNC1. The van der Waals surface area contributed by atoms with Crippen LogP contribution in [0, 0.1) is 5.92 Å². The second-order valence-electron chi connectivity index (χ2n) is 3.65. The van der Waals surface area contributed by atoms with Crippen molar-refractivity contribution < 1.29 is 4.79 Å². The molecular formula is C10H14N2OS. The summed E-state index contributed by atoms with van der Waals surface area (Å²) in [6.07, 6.45) is 4.53. The van der Waals surface area contributed by atoms with E-state index in [9.17, 15) is 4.79 Å². The summed E-state index contributed by atoms with van der Waals surface area (Å²) in [6.45, 7) is 1.92. The molecule has 1 aliphatic rings. The maximum Gasteiger partial charge on any atom is 0.142 e. The molecular weight excluding hydrogens is 196 g/mol. The van der Waals surface area contributed by atoms with Gasteiger partial charge in [0.05, 0.1) is 5.51 Å². The lowest BCUT2D eigenvalue weighted by atomic mass is 9.93. The van der Waals surface area contributed by atoms with Crippen LogP contribution in [0.5, 0.6) is 0 Å². The molecule has 0 amide bonds. The molecule has 1 aromatic heterocycles. The Labute approximate surface area is 87.6 Å². The van der Waals surface area contributed by atoms with Crippen LogP contribution in [0.25, 0.3) is 0 Å². The van der Waals surface area contributed by atoms with E-state index in [0.29, 0.717) is 12.2 Å². The molecule has 1 aromatic rings. The lowest BCUT2D eigenvalue weighted by molar-refractivity contribution is -0.122. The number of ketones is 1. The number of nitrogens with one attached hydrogen (secondary N) is 1. The van der Waals surface area contributed by atoms with Crippen LogP contribution in [0.1, 0.15) is 17.7 Å². The van der Waals surface area contributed by atoms with E-state index in [4.69, 9.17) is 0 Å². The molecule has 0 radical (unpaired) electrons. The maximum atomic E-state index is 11.8. The van der Waals surface area contributed by atoms with Crippen molar-refractivity contribution in [3.05, 3.63) is 16.6 Å². The van der Waals surface area contributed by atoms with E-state index in [2.05, 4.69) is 10.3 Å². The highest BCUT2D eigenvalue weighted by atomic mass is 32.1. The van der Waals surface area contributed by atoms with E-state index in [1.54, 1.807) is 23.0 Å². The average molecular weight is 210 g/mol. The van der Waals surface area contributed by atoms with Crippen molar-refractivity contribution in [3.63, 3.8) is 0 Å². The minimum atomic E-state index is 0.228. The third kappa shape index (κ3) is 2.39. The first kappa shape index (κ1) is 9.80. The topological polar surface area (TPSA) is 42.0 Å². The van der Waals surface area contributed by atoms with Crippen LogP contribution in [-0.2, 0) is 11.2 Å². The summed E-state index contributed by atoms with van der Waals surface area (Å²) < 4.78 is 0. The summed E-state index contributed by atoms with van der Waals surface area (Å²) in [6, 6.07) is 0. The molecule has 3 nitrogen and oxygen atoms in total. The summed E-state index contributed by atoms with van der Waals surface area (Å²) >= 11 is 1.56. The second-order valence-corrected chi connectivity index (χ2v) is 4.63. The highest BCUT2D eigenvalue weighted by Gasteiger charge is 2.20. The number of rotatable bonds is 3. The van der Waals surface area contributed by atoms with Gasteiger partial charge in [-0.05, 0) is 19.4 Å². The lowest BCUT2D eigenvalue weighted by Crippen LogP contribution is -2.34. The first-order chi connectivity index (χ1) is 6.86. The van der Waals surface area contributed by atoms with E-state index in [1.807, 2.05) is 0 Å². The van der Waals surface area contributed by atoms with Crippen LogP contribution < -0.4 is 5.32 Å². The maximum absolute atomic E-state index is 11.8. The van der Waals surface area contributed by atoms with E-state index in [-0.39, 0.29) is 5.92 Å². The molecule has 1 N–H and O–H groups in total. The first-order valence-electron chi connectivity index (χ1n) is 4.97. The summed E-state index contributed by atoms with van der Waals surface area (Å²) in [5, 5.41) is 3.26. The number of carbonyl (C=O) groups is 1. The fraction of sp³-hybridized carbons (Fsp3) is 0.600. The summed E-state index contributed by atoms with van der Waals surface area (Å²) in [5.41, 5.74) is 1.78. The molecule has 76 valence electrons. The fourth-order valence-electron chi connectivity index (χ4n) is 1.77.